The zero-order valence-electron chi connectivity index (χ0n) is 24.9. The van der Waals surface area contributed by atoms with Gasteiger partial charge in [0.2, 0.25) is 0 Å². The maximum absolute atomic E-state index is 13.5. The summed E-state index contributed by atoms with van der Waals surface area (Å²) in [4.78, 5) is 43.9. The maximum atomic E-state index is 13.5. The lowest BCUT2D eigenvalue weighted by molar-refractivity contribution is -0.726. The number of esters is 1. The van der Waals surface area contributed by atoms with Crippen LogP contribution in [0.4, 0.5) is 18.0 Å². The number of nitrogens with zero attached hydrogens (tertiary/aromatic N) is 4. The number of carbonyl (C=O) groups excluding carboxylic acids is 3. The summed E-state index contributed by atoms with van der Waals surface area (Å²) in [5, 5.41) is 9.59. The van der Waals surface area contributed by atoms with Gasteiger partial charge in [-0.15, -0.1) is 0 Å². The maximum Gasteiger partial charge on any atom is 0.416 e. The molecule has 2 amide bonds. The zero-order valence-corrected chi connectivity index (χ0v) is 26.5. The highest BCUT2D eigenvalue weighted by Gasteiger charge is 2.36. The molecule has 0 aliphatic carbocycles. The lowest BCUT2D eigenvalue weighted by Gasteiger charge is -2.20. The van der Waals surface area contributed by atoms with E-state index in [9.17, 15) is 32.7 Å². The molecular weight excluding hydrogens is 641 g/mol. The fourth-order valence-electron chi connectivity index (χ4n) is 4.69. The summed E-state index contributed by atoms with van der Waals surface area (Å²) < 4.78 is 60.3. The second kappa shape index (κ2) is 15.5. The molecule has 0 spiro atoms. The van der Waals surface area contributed by atoms with Crippen LogP contribution >= 0.6 is 11.3 Å². The van der Waals surface area contributed by atoms with Gasteiger partial charge in [0.25, 0.3) is 12.6 Å². The predicted octanol–water partition coefficient (Wildman–Crippen LogP) is 1.05. The third-order valence-corrected chi connectivity index (χ3v) is 7.99. The molecule has 3 aromatic rings. The first kappa shape index (κ1) is 35.8. The molecule has 0 radical (unpaired) electrons. The Kier molecular flexibility index (Phi) is 12.4. The number of rotatable bonds is 10. The van der Waals surface area contributed by atoms with E-state index >= 15 is 0 Å². The molecule has 246 valence electrons. The van der Waals surface area contributed by atoms with Crippen molar-refractivity contribution in [3.8, 4) is 5.75 Å². The zero-order chi connectivity index (χ0) is 32.0. The van der Waals surface area contributed by atoms with Crippen LogP contribution in [0.3, 0.4) is 0 Å². The molecule has 0 saturated carbocycles. The van der Waals surface area contributed by atoms with Crippen molar-refractivity contribution in [1.29, 1.82) is 0 Å². The molecule has 4 rings (SSSR count). The first-order chi connectivity index (χ1) is 20.9. The number of aliphatic hydroxyl groups excluding tert-OH is 1. The van der Waals surface area contributed by atoms with Gasteiger partial charge in [0.15, 0.2) is 17.2 Å². The molecule has 1 N–H and O–H groups in total. The van der Waals surface area contributed by atoms with Crippen LogP contribution in [0, 0.1) is 0 Å². The molecule has 2 aromatic heterocycles. The number of likely N-dealkylation sites (tertiary alicyclic amines) is 1. The summed E-state index contributed by atoms with van der Waals surface area (Å²) >= 11 is 1.18. The van der Waals surface area contributed by atoms with Gasteiger partial charge in [0.1, 0.15) is 23.9 Å². The van der Waals surface area contributed by atoms with Crippen molar-refractivity contribution >= 4 is 39.5 Å². The Bertz CT molecular complexity index is 1590. The molecule has 11 nitrogen and oxygen atoms in total. The number of fused-ring (bicyclic) bond motifs is 1. The summed E-state index contributed by atoms with van der Waals surface area (Å²) in [6, 6.07) is 3.61. The van der Waals surface area contributed by atoms with Crippen LogP contribution in [0.1, 0.15) is 55.5 Å². The second-order valence-electron chi connectivity index (χ2n) is 10.3. The molecule has 1 fully saturated rings. The van der Waals surface area contributed by atoms with E-state index in [1.54, 1.807) is 27.6 Å². The number of hydrogen-bond donors (Lipinski definition) is 1. The predicted molar refractivity (Wildman–Crippen MR) is 152 cm³/mol. The molecule has 1 aliphatic rings. The van der Waals surface area contributed by atoms with E-state index in [4.69, 9.17) is 14.2 Å². The van der Waals surface area contributed by atoms with Gasteiger partial charge in [-0.25, -0.2) is 9.59 Å². The molecule has 2 atom stereocenters. The van der Waals surface area contributed by atoms with Crippen LogP contribution in [0.25, 0.3) is 10.2 Å². The van der Waals surface area contributed by atoms with Gasteiger partial charge in [-0.1, -0.05) is 24.7 Å². The molecule has 1 aromatic carbocycles. The van der Waals surface area contributed by atoms with Crippen molar-refractivity contribution in [2.75, 3.05) is 20.3 Å². The first-order valence-corrected chi connectivity index (χ1v) is 14.9. The number of methoxy groups -OCH3 is 1. The number of hydrogen-bond acceptors (Lipinski definition) is 8. The number of thiazole rings is 1. The van der Waals surface area contributed by atoms with Crippen LogP contribution in [0.15, 0.2) is 41.7 Å². The highest BCUT2D eigenvalue weighted by molar-refractivity contribution is 7.16. The lowest BCUT2D eigenvalue weighted by atomic mass is 10.1. The number of amides is 2. The van der Waals surface area contributed by atoms with Crippen LogP contribution < -0.4 is 26.5 Å². The third-order valence-electron chi connectivity index (χ3n) is 6.93. The topological polar surface area (TPSA) is 124 Å². The molecule has 45 heavy (non-hydrogen) atoms. The first-order valence-electron chi connectivity index (χ1n) is 14.1. The van der Waals surface area contributed by atoms with Gasteiger partial charge >= 0.3 is 18.2 Å². The number of unbranched alkanes of at least 4 members (excludes halogenated alkanes) is 1. The Morgan fingerprint density at radius 2 is 2.00 bits per heavy atom. The van der Waals surface area contributed by atoms with Crippen molar-refractivity contribution in [2.24, 2.45) is 4.99 Å². The van der Waals surface area contributed by atoms with Crippen molar-refractivity contribution < 1.29 is 63.8 Å². The minimum Gasteiger partial charge on any atom is -1.00 e. The summed E-state index contributed by atoms with van der Waals surface area (Å²) in [5.41, 5.74) is -0.732. The van der Waals surface area contributed by atoms with E-state index in [0.717, 1.165) is 29.7 Å². The summed E-state index contributed by atoms with van der Waals surface area (Å²) in [6.45, 7) is 3.90. The van der Waals surface area contributed by atoms with E-state index in [-0.39, 0.29) is 41.9 Å². The second-order valence-corrected chi connectivity index (χ2v) is 11.3. The quantitative estimate of drug-likeness (QED) is 0.252. The van der Waals surface area contributed by atoms with Gasteiger partial charge in [-0.2, -0.15) is 22.7 Å². The van der Waals surface area contributed by atoms with E-state index in [0.29, 0.717) is 37.5 Å². The third kappa shape index (κ3) is 8.73. The van der Waals surface area contributed by atoms with Gasteiger partial charge < -0.3 is 36.3 Å². The largest absolute Gasteiger partial charge is 1.00 e. The van der Waals surface area contributed by atoms with Gasteiger partial charge in [0.05, 0.1) is 29.0 Å². The Morgan fingerprint density at radius 1 is 1.24 bits per heavy atom. The molecule has 16 heteroatoms. The van der Waals surface area contributed by atoms with E-state index < -0.39 is 41.9 Å². The molecular formula is C29H34ClF3N4O7S. The number of aromatic nitrogens is 2. The van der Waals surface area contributed by atoms with Gasteiger partial charge in [0, 0.05) is 19.2 Å². The SMILES string of the molecule is CCCCn1/c(=N/C(=O)c2cc(C(F)(F)F)ccc2OC[C@H](C)O)sc2cc[n+](COC(=O)N3CCC[C@H]3C(=O)OC)cc21.[Cl-]. The lowest BCUT2D eigenvalue weighted by Crippen LogP contribution is -3.00. The highest BCUT2D eigenvalue weighted by atomic mass is 35.5. The highest BCUT2D eigenvalue weighted by Crippen LogP contribution is 2.33. The van der Waals surface area contributed by atoms with Crippen LogP contribution in [-0.2, 0) is 33.7 Å². The monoisotopic (exact) mass is 674 g/mol. The molecule has 3 heterocycles. The van der Waals surface area contributed by atoms with E-state index in [1.165, 1.54) is 30.3 Å². The average Bonchev–Trinajstić information content (AvgIpc) is 3.61. The van der Waals surface area contributed by atoms with Gasteiger partial charge in [-0.3, -0.25) is 9.69 Å². The van der Waals surface area contributed by atoms with Crippen LogP contribution in [0.2, 0.25) is 0 Å². The Hall–Kier alpha value is -3.69. The molecule has 1 saturated heterocycles. The summed E-state index contributed by atoms with van der Waals surface area (Å²) in [7, 11) is 1.27. The fourth-order valence-corrected chi connectivity index (χ4v) is 5.71. The summed E-state index contributed by atoms with van der Waals surface area (Å²) in [5.74, 6) is -1.55. The number of aryl methyl sites for hydroxylation is 1. The number of ether oxygens (including phenoxy) is 3. The Labute approximate surface area is 267 Å². The number of carbonyl (C=O) groups is 3. The molecule has 1 aliphatic heterocycles. The van der Waals surface area contributed by atoms with Gasteiger partial charge in [-0.05, 0) is 44.4 Å². The number of halogens is 4. The van der Waals surface area contributed by atoms with Crippen LogP contribution in [0.5, 0.6) is 5.75 Å². The van der Waals surface area contributed by atoms with Crippen LogP contribution in [-0.4, -0.2) is 65.0 Å². The van der Waals surface area contributed by atoms with Crippen molar-refractivity contribution in [1.82, 2.24) is 9.47 Å². The molecule has 0 unspecified atom stereocenters. The Balaban J connectivity index is 0.00000552. The average molecular weight is 675 g/mol. The van der Waals surface area contributed by atoms with Crippen molar-refractivity contribution in [3.05, 3.63) is 52.6 Å². The smallest absolute Gasteiger partial charge is 0.416 e. The Morgan fingerprint density at radius 3 is 2.67 bits per heavy atom. The van der Waals surface area contributed by atoms with Crippen molar-refractivity contribution in [3.63, 3.8) is 0 Å². The number of alkyl halides is 3. The normalized spacial score (nSPS) is 15.9. The number of benzene rings is 1. The minimum atomic E-state index is -4.69. The summed E-state index contributed by atoms with van der Waals surface area (Å²) in [6.07, 6.45) is -0.148. The number of pyridine rings is 1. The number of aliphatic hydroxyl groups is 1. The van der Waals surface area contributed by atoms with Crippen molar-refractivity contribution in [2.45, 2.75) is 71.1 Å². The fraction of sp³-hybridized carbons (Fsp3) is 0.483. The van der Waals surface area contributed by atoms with E-state index in [2.05, 4.69) is 4.99 Å². The molecule has 0 bridgehead atoms. The van der Waals surface area contributed by atoms with E-state index in [1.807, 2.05) is 6.92 Å². The standard InChI is InChI=1S/C29H34F3N4O7S.ClH/c1-4-5-11-35-22-15-34(17-43-28(40)36-12-6-7-21(36)26(39)41-3)13-10-24(22)44-27(35)33-25(38)20-14-19(29(30,31)32)8-9-23(20)42-16-18(2)37;/h8-10,13-15,18,21,37H,4-7,11-12,16-17H2,1-3H3;1H/q+1;/p-1/b33-27-;/t18-,21-;/m0./s1. The minimum absolute atomic E-state index is 0.